The maximum Gasteiger partial charge on any atom is 0.254 e. The minimum Gasteiger partial charge on any atom is -0.497 e. The number of fused-ring (bicyclic) bond motifs is 1. The second kappa shape index (κ2) is 6.74. The van der Waals surface area contributed by atoms with E-state index in [-0.39, 0.29) is 5.91 Å². The van der Waals surface area contributed by atoms with Gasteiger partial charge in [-0.05, 0) is 43.7 Å². The number of carbonyl (C=O) groups excluding carboxylic acids is 1. The fourth-order valence-corrected chi connectivity index (χ4v) is 3.06. The molecule has 1 N–H and O–H groups in total. The standard InChI is InChI=1S/C19H21N3O2/c1-4-22-13(2)18(16-10-15(24-3)7-8-17(16)22)19(23)21-12-14-6-5-9-20-11-14/h5-11H,4,12H2,1-3H3,(H,21,23). The van der Waals surface area contributed by atoms with Gasteiger partial charge in [0.05, 0.1) is 12.7 Å². The van der Waals surface area contributed by atoms with Crippen LogP contribution in [0.3, 0.4) is 0 Å². The number of benzene rings is 1. The monoisotopic (exact) mass is 323 g/mol. The Labute approximate surface area is 141 Å². The van der Waals surface area contributed by atoms with Gasteiger partial charge >= 0.3 is 0 Å². The van der Waals surface area contributed by atoms with Gasteiger partial charge in [0.15, 0.2) is 0 Å². The highest BCUT2D eigenvalue weighted by Gasteiger charge is 2.19. The van der Waals surface area contributed by atoms with Crippen molar-refractivity contribution in [2.45, 2.75) is 26.9 Å². The molecule has 0 radical (unpaired) electrons. The van der Waals surface area contributed by atoms with E-state index >= 15 is 0 Å². The normalized spacial score (nSPS) is 10.8. The minimum atomic E-state index is -0.0817. The molecule has 2 heterocycles. The number of amides is 1. The molecule has 5 nitrogen and oxygen atoms in total. The average molecular weight is 323 g/mol. The number of ether oxygens (including phenoxy) is 1. The molecule has 0 fully saturated rings. The molecular weight excluding hydrogens is 302 g/mol. The molecule has 24 heavy (non-hydrogen) atoms. The topological polar surface area (TPSA) is 56.2 Å². The first-order chi connectivity index (χ1) is 11.7. The van der Waals surface area contributed by atoms with Crippen molar-refractivity contribution in [2.24, 2.45) is 0 Å². The third kappa shape index (κ3) is 2.85. The number of aryl methyl sites for hydroxylation is 1. The minimum absolute atomic E-state index is 0.0817. The summed E-state index contributed by atoms with van der Waals surface area (Å²) in [5.41, 5.74) is 3.68. The Hall–Kier alpha value is -2.82. The van der Waals surface area contributed by atoms with E-state index in [2.05, 4.69) is 21.8 Å². The lowest BCUT2D eigenvalue weighted by Crippen LogP contribution is -2.23. The van der Waals surface area contributed by atoms with Crippen molar-refractivity contribution in [1.82, 2.24) is 14.9 Å². The number of nitrogens with one attached hydrogen (secondary N) is 1. The number of hydrogen-bond acceptors (Lipinski definition) is 3. The van der Waals surface area contributed by atoms with E-state index in [1.165, 1.54) is 0 Å². The van der Waals surface area contributed by atoms with E-state index in [0.717, 1.165) is 34.5 Å². The molecule has 124 valence electrons. The third-order valence-electron chi connectivity index (χ3n) is 4.25. The van der Waals surface area contributed by atoms with Gasteiger partial charge in [-0.25, -0.2) is 0 Å². The molecule has 0 saturated heterocycles. The molecule has 1 amide bonds. The summed E-state index contributed by atoms with van der Waals surface area (Å²) in [7, 11) is 1.63. The first kappa shape index (κ1) is 16.1. The molecular formula is C19H21N3O2. The Morgan fingerprint density at radius 2 is 2.17 bits per heavy atom. The number of pyridine rings is 1. The number of hydrogen-bond donors (Lipinski definition) is 1. The molecule has 2 aromatic heterocycles. The second-order valence-corrected chi connectivity index (χ2v) is 5.63. The second-order valence-electron chi connectivity index (χ2n) is 5.63. The average Bonchev–Trinajstić information content (AvgIpc) is 2.90. The number of methoxy groups -OCH3 is 1. The van der Waals surface area contributed by atoms with E-state index < -0.39 is 0 Å². The van der Waals surface area contributed by atoms with Gasteiger partial charge in [0, 0.05) is 42.1 Å². The van der Waals surface area contributed by atoms with Crippen molar-refractivity contribution in [3.8, 4) is 5.75 Å². The van der Waals surface area contributed by atoms with Gasteiger partial charge in [-0.2, -0.15) is 0 Å². The molecule has 0 aliphatic carbocycles. The Balaban J connectivity index is 1.97. The summed E-state index contributed by atoms with van der Waals surface area (Å²) in [6.45, 7) is 5.32. The molecule has 3 aromatic rings. The predicted molar refractivity (Wildman–Crippen MR) is 94.3 cm³/mol. The smallest absolute Gasteiger partial charge is 0.254 e. The third-order valence-corrected chi connectivity index (χ3v) is 4.25. The Bertz CT molecular complexity index is 869. The zero-order valence-corrected chi connectivity index (χ0v) is 14.2. The van der Waals surface area contributed by atoms with E-state index in [9.17, 15) is 4.79 Å². The summed E-state index contributed by atoms with van der Waals surface area (Å²) in [6, 6.07) is 9.65. The number of aromatic nitrogens is 2. The van der Waals surface area contributed by atoms with E-state index in [1.807, 2.05) is 37.3 Å². The van der Waals surface area contributed by atoms with Crippen LogP contribution in [-0.2, 0) is 13.1 Å². The van der Waals surface area contributed by atoms with Crippen LogP contribution >= 0.6 is 0 Å². The fraction of sp³-hybridized carbons (Fsp3) is 0.263. The Kier molecular flexibility index (Phi) is 4.51. The van der Waals surface area contributed by atoms with Crippen molar-refractivity contribution in [1.29, 1.82) is 0 Å². The molecule has 3 rings (SSSR count). The SMILES string of the molecule is CCn1c(C)c(C(=O)NCc2cccnc2)c2cc(OC)ccc21. The summed E-state index contributed by atoms with van der Waals surface area (Å²) in [5, 5.41) is 3.90. The van der Waals surface area contributed by atoms with Crippen molar-refractivity contribution >= 4 is 16.8 Å². The molecule has 1 aromatic carbocycles. The van der Waals surface area contributed by atoms with Crippen LogP contribution in [0.5, 0.6) is 5.75 Å². The summed E-state index contributed by atoms with van der Waals surface area (Å²) in [4.78, 5) is 16.9. The van der Waals surface area contributed by atoms with Crippen LogP contribution in [0.1, 0.15) is 28.5 Å². The van der Waals surface area contributed by atoms with Crippen LogP contribution in [0.15, 0.2) is 42.7 Å². The first-order valence-electron chi connectivity index (χ1n) is 7.99. The van der Waals surface area contributed by atoms with Crippen LogP contribution < -0.4 is 10.1 Å². The first-order valence-corrected chi connectivity index (χ1v) is 7.99. The highest BCUT2D eigenvalue weighted by Crippen LogP contribution is 2.29. The zero-order valence-electron chi connectivity index (χ0n) is 14.2. The molecule has 0 unspecified atom stereocenters. The zero-order chi connectivity index (χ0) is 17.1. The van der Waals surface area contributed by atoms with Crippen LogP contribution in [0.2, 0.25) is 0 Å². The summed E-state index contributed by atoms with van der Waals surface area (Å²) in [5.74, 6) is 0.666. The number of carbonyl (C=O) groups is 1. The van der Waals surface area contributed by atoms with E-state index in [4.69, 9.17) is 4.74 Å². The van der Waals surface area contributed by atoms with Gasteiger partial charge in [0.2, 0.25) is 0 Å². The summed E-state index contributed by atoms with van der Waals surface area (Å²) in [6.07, 6.45) is 3.47. The largest absolute Gasteiger partial charge is 0.497 e. The van der Waals surface area contributed by atoms with Crippen LogP contribution in [-0.4, -0.2) is 22.6 Å². The highest BCUT2D eigenvalue weighted by atomic mass is 16.5. The summed E-state index contributed by atoms with van der Waals surface area (Å²) < 4.78 is 7.47. The fourth-order valence-electron chi connectivity index (χ4n) is 3.06. The Morgan fingerprint density at radius 3 is 2.83 bits per heavy atom. The molecule has 0 aliphatic rings. The highest BCUT2D eigenvalue weighted by molar-refractivity contribution is 6.08. The molecule has 0 bridgehead atoms. The number of rotatable bonds is 5. The van der Waals surface area contributed by atoms with Gasteiger partial charge in [-0.1, -0.05) is 6.07 Å². The van der Waals surface area contributed by atoms with Crippen molar-refractivity contribution in [3.63, 3.8) is 0 Å². The van der Waals surface area contributed by atoms with Gasteiger partial charge in [0.25, 0.3) is 5.91 Å². The quantitative estimate of drug-likeness (QED) is 0.784. The summed E-state index contributed by atoms with van der Waals surface area (Å²) >= 11 is 0. The lowest BCUT2D eigenvalue weighted by molar-refractivity contribution is 0.0951. The molecule has 0 aliphatic heterocycles. The molecule has 0 spiro atoms. The van der Waals surface area contributed by atoms with E-state index in [1.54, 1.807) is 19.5 Å². The van der Waals surface area contributed by atoms with Gasteiger partial charge in [0.1, 0.15) is 5.75 Å². The van der Waals surface area contributed by atoms with Gasteiger partial charge in [-0.3, -0.25) is 9.78 Å². The van der Waals surface area contributed by atoms with Crippen molar-refractivity contribution < 1.29 is 9.53 Å². The predicted octanol–water partition coefficient (Wildman–Crippen LogP) is 3.30. The van der Waals surface area contributed by atoms with Crippen LogP contribution in [0.4, 0.5) is 0 Å². The van der Waals surface area contributed by atoms with Crippen LogP contribution in [0, 0.1) is 6.92 Å². The van der Waals surface area contributed by atoms with Crippen molar-refractivity contribution in [2.75, 3.05) is 7.11 Å². The molecule has 0 saturated carbocycles. The van der Waals surface area contributed by atoms with Gasteiger partial charge < -0.3 is 14.6 Å². The number of nitrogens with zero attached hydrogens (tertiary/aromatic N) is 2. The molecule has 0 atom stereocenters. The van der Waals surface area contributed by atoms with Crippen LogP contribution in [0.25, 0.3) is 10.9 Å². The van der Waals surface area contributed by atoms with Gasteiger partial charge in [-0.15, -0.1) is 0 Å². The van der Waals surface area contributed by atoms with E-state index in [0.29, 0.717) is 12.1 Å². The molecule has 5 heteroatoms. The van der Waals surface area contributed by atoms with Crippen molar-refractivity contribution in [3.05, 3.63) is 59.5 Å². The lowest BCUT2D eigenvalue weighted by atomic mass is 10.1. The maximum atomic E-state index is 12.8. The Morgan fingerprint density at radius 1 is 1.33 bits per heavy atom. The maximum absolute atomic E-state index is 12.8. The lowest BCUT2D eigenvalue weighted by Gasteiger charge is -2.07.